The number of sulfonamides is 1. The molecule has 1 aromatic carbocycles. The van der Waals surface area contributed by atoms with E-state index in [1.54, 1.807) is 24.3 Å². The molecule has 7 nitrogen and oxygen atoms in total. The zero-order valence-corrected chi connectivity index (χ0v) is 15.7. The number of carbonyl (C=O) groups is 1. The van der Waals surface area contributed by atoms with E-state index in [1.165, 1.54) is 7.05 Å². The summed E-state index contributed by atoms with van der Waals surface area (Å²) >= 11 is 0. The molecule has 1 aliphatic rings. The van der Waals surface area contributed by atoms with Crippen molar-refractivity contribution in [2.45, 2.75) is 12.5 Å². The van der Waals surface area contributed by atoms with Gasteiger partial charge >= 0.3 is 0 Å². The van der Waals surface area contributed by atoms with E-state index in [0.717, 1.165) is 49.8 Å². The van der Waals surface area contributed by atoms with Crippen LogP contribution >= 0.6 is 0 Å². The molecule has 0 radical (unpaired) electrons. The molecule has 140 valence electrons. The standard InChI is InChI=1S/C17H27N3O4S/c1-19(25(2,22)23)16(15-7-4-3-5-8-15)17(21)18-9-6-10-20-11-13-24-14-12-20/h3-5,7-8,16H,6,9-14H2,1-2H3,(H,18,21)/t16-/m0/s1. The Morgan fingerprint density at radius 2 is 1.92 bits per heavy atom. The predicted octanol–water partition coefficient (Wildman–Crippen LogP) is 0.458. The van der Waals surface area contributed by atoms with E-state index >= 15 is 0 Å². The number of nitrogens with zero attached hydrogens (tertiary/aromatic N) is 2. The fraction of sp³-hybridized carbons (Fsp3) is 0.588. The van der Waals surface area contributed by atoms with E-state index in [2.05, 4.69) is 10.2 Å². The maximum atomic E-state index is 12.6. The van der Waals surface area contributed by atoms with Crippen molar-refractivity contribution in [3.63, 3.8) is 0 Å². The molecule has 1 aromatic rings. The molecule has 0 aromatic heterocycles. The zero-order chi connectivity index (χ0) is 18.3. The molecule has 1 atom stereocenters. The molecule has 8 heteroatoms. The first-order chi connectivity index (χ1) is 11.9. The highest BCUT2D eigenvalue weighted by Gasteiger charge is 2.30. The van der Waals surface area contributed by atoms with Crippen molar-refractivity contribution in [3.05, 3.63) is 35.9 Å². The van der Waals surface area contributed by atoms with Gasteiger partial charge in [0.25, 0.3) is 0 Å². The van der Waals surface area contributed by atoms with Gasteiger partial charge in [-0.15, -0.1) is 0 Å². The second kappa shape index (κ2) is 9.28. The lowest BCUT2D eigenvalue weighted by atomic mass is 10.1. The molecule has 1 heterocycles. The summed E-state index contributed by atoms with van der Waals surface area (Å²) in [6.45, 7) is 4.73. The van der Waals surface area contributed by atoms with Gasteiger partial charge in [0.05, 0.1) is 19.5 Å². The van der Waals surface area contributed by atoms with Crippen molar-refractivity contribution < 1.29 is 17.9 Å². The Balaban J connectivity index is 1.93. The quantitative estimate of drug-likeness (QED) is 0.674. The van der Waals surface area contributed by atoms with Crippen LogP contribution < -0.4 is 5.32 Å². The molecule has 1 fully saturated rings. The van der Waals surface area contributed by atoms with Gasteiger partial charge in [-0.05, 0) is 18.5 Å². The number of hydrogen-bond donors (Lipinski definition) is 1. The number of benzene rings is 1. The smallest absolute Gasteiger partial charge is 0.242 e. The van der Waals surface area contributed by atoms with Crippen molar-refractivity contribution in [1.82, 2.24) is 14.5 Å². The fourth-order valence-corrected chi connectivity index (χ4v) is 3.39. The highest BCUT2D eigenvalue weighted by molar-refractivity contribution is 7.88. The van der Waals surface area contributed by atoms with Crippen LogP contribution in [0.1, 0.15) is 18.0 Å². The minimum atomic E-state index is -3.49. The van der Waals surface area contributed by atoms with Gasteiger partial charge < -0.3 is 10.1 Å². The zero-order valence-electron chi connectivity index (χ0n) is 14.8. The lowest BCUT2D eigenvalue weighted by molar-refractivity contribution is -0.124. The normalized spacial score (nSPS) is 17.4. The number of likely N-dealkylation sites (N-methyl/N-ethyl adjacent to an activating group) is 1. The highest BCUT2D eigenvalue weighted by atomic mass is 32.2. The van der Waals surface area contributed by atoms with Gasteiger partial charge in [0.1, 0.15) is 6.04 Å². The number of carbonyl (C=O) groups excluding carboxylic acids is 1. The van der Waals surface area contributed by atoms with Crippen LogP contribution in [0.5, 0.6) is 0 Å². The SMILES string of the molecule is CN([C@H](C(=O)NCCCN1CCOCC1)c1ccccc1)S(C)(=O)=O. The van der Waals surface area contributed by atoms with Crippen LogP contribution in [-0.2, 0) is 19.6 Å². The van der Waals surface area contributed by atoms with Crippen LogP contribution in [0.15, 0.2) is 30.3 Å². The topological polar surface area (TPSA) is 79.0 Å². The Morgan fingerprint density at radius 3 is 2.52 bits per heavy atom. The van der Waals surface area contributed by atoms with Crippen molar-refractivity contribution in [2.75, 3.05) is 52.7 Å². The molecule has 1 N–H and O–H groups in total. The summed E-state index contributed by atoms with van der Waals surface area (Å²) in [6, 6.07) is 8.09. The Hall–Kier alpha value is -1.48. The minimum absolute atomic E-state index is 0.305. The summed E-state index contributed by atoms with van der Waals surface area (Å²) in [5.41, 5.74) is 0.654. The highest BCUT2D eigenvalue weighted by Crippen LogP contribution is 2.21. The van der Waals surface area contributed by atoms with Gasteiger partial charge in [-0.25, -0.2) is 8.42 Å². The minimum Gasteiger partial charge on any atom is -0.379 e. The van der Waals surface area contributed by atoms with E-state index in [1.807, 2.05) is 6.07 Å². The van der Waals surface area contributed by atoms with Crippen LogP contribution in [0.4, 0.5) is 0 Å². The van der Waals surface area contributed by atoms with Crippen LogP contribution in [-0.4, -0.2) is 76.2 Å². The third-order valence-electron chi connectivity index (χ3n) is 4.30. The Morgan fingerprint density at radius 1 is 1.28 bits per heavy atom. The van der Waals surface area contributed by atoms with E-state index in [0.29, 0.717) is 12.1 Å². The summed E-state index contributed by atoms with van der Waals surface area (Å²) < 4.78 is 30.2. The summed E-state index contributed by atoms with van der Waals surface area (Å²) in [4.78, 5) is 14.9. The maximum absolute atomic E-state index is 12.6. The van der Waals surface area contributed by atoms with Gasteiger partial charge in [0.15, 0.2) is 0 Å². The first-order valence-corrected chi connectivity index (χ1v) is 10.3. The number of morpholine rings is 1. The first kappa shape index (κ1) is 19.8. The number of ether oxygens (including phenoxy) is 1. The van der Waals surface area contributed by atoms with Crippen LogP contribution in [0.2, 0.25) is 0 Å². The molecule has 1 amide bonds. The number of hydrogen-bond acceptors (Lipinski definition) is 5. The van der Waals surface area contributed by atoms with E-state index in [-0.39, 0.29) is 5.91 Å². The van der Waals surface area contributed by atoms with Gasteiger partial charge in [-0.1, -0.05) is 30.3 Å². The second-order valence-electron chi connectivity index (χ2n) is 6.19. The summed E-state index contributed by atoms with van der Waals surface area (Å²) in [5.74, 6) is -0.305. The molecular weight excluding hydrogens is 342 g/mol. The fourth-order valence-electron chi connectivity index (χ4n) is 2.79. The van der Waals surface area contributed by atoms with Crippen molar-refractivity contribution in [3.8, 4) is 0 Å². The van der Waals surface area contributed by atoms with Gasteiger partial charge in [-0.2, -0.15) is 4.31 Å². The molecular formula is C17H27N3O4S. The molecule has 2 rings (SSSR count). The third kappa shape index (κ3) is 6.07. The van der Waals surface area contributed by atoms with Crippen LogP contribution in [0.25, 0.3) is 0 Å². The monoisotopic (exact) mass is 369 g/mol. The molecule has 0 aliphatic carbocycles. The lowest BCUT2D eigenvalue weighted by Crippen LogP contribution is -2.42. The van der Waals surface area contributed by atoms with Crippen molar-refractivity contribution in [1.29, 1.82) is 0 Å². The van der Waals surface area contributed by atoms with E-state index in [4.69, 9.17) is 4.74 Å². The molecule has 0 spiro atoms. The average Bonchev–Trinajstić information content (AvgIpc) is 2.60. The number of amides is 1. The lowest BCUT2D eigenvalue weighted by Gasteiger charge is -2.27. The molecule has 1 saturated heterocycles. The van der Waals surface area contributed by atoms with Gasteiger partial charge in [-0.3, -0.25) is 9.69 Å². The van der Waals surface area contributed by atoms with Crippen molar-refractivity contribution >= 4 is 15.9 Å². The second-order valence-corrected chi connectivity index (χ2v) is 8.23. The summed E-state index contributed by atoms with van der Waals surface area (Å²) in [5, 5.41) is 2.87. The van der Waals surface area contributed by atoms with Crippen LogP contribution in [0, 0.1) is 0 Å². The Kier molecular flexibility index (Phi) is 7.37. The van der Waals surface area contributed by atoms with Gasteiger partial charge in [0, 0.05) is 26.7 Å². The molecule has 0 saturated carbocycles. The number of nitrogens with one attached hydrogen (secondary N) is 1. The maximum Gasteiger partial charge on any atom is 0.242 e. The van der Waals surface area contributed by atoms with Crippen LogP contribution in [0.3, 0.4) is 0 Å². The Bertz CT molecular complexity index is 645. The molecule has 0 bridgehead atoms. The molecule has 1 aliphatic heterocycles. The van der Waals surface area contributed by atoms with Gasteiger partial charge in [0.2, 0.25) is 15.9 Å². The summed E-state index contributed by atoms with van der Waals surface area (Å²) in [7, 11) is -2.06. The van der Waals surface area contributed by atoms with Crippen molar-refractivity contribution in [2.24, 2.45) is 0 Å². The third-order valence-corrected chi connectivity index (χ3v) is 5.56. The molecule has 0 unspecified atom stereocenters. The summed E-state index contributed by atoms with van der Waals surface area (Å²) in [6.07, 6.45) is 1.92. The predicted molar refractivity (Wildman–Crippen MR) is 96.7 cm³/mol. The first-order valence-electron chi connectivity index (χ1n) is 8.45. The van der Waals surface area contributed by atoms with E-state index in [9.17, 15) is 13.2 Å². The largest absolute Gasteiger partial charge is 0.379 e. The number of rotatable bonds is 8. The van der Waals surface area contributed by atoms with E-state index < -0.39 is 16.1 Å². The molecule has 25 heavy (non-hydrogen) atoms. The average molecular weight is 369 g/mol. The Labute approximate surface area is 150 Å².